The molecule has 1 fully saturated rings. The summed E-state index contributed by atoms with van der Waals surface area (Å²) in [5, 5.41) is 17.3. The van der Waals surface area contributed by atoms with Crippen LogP contribution in [0.2, 0.25) is 0 Å². The summed E-state index contributed by atoms with van der Waals surface area (Å²) in [5.41, 5.74) is 0. The molecule has 0 amide bonds. The van der Waals surface area contributed by atoms with E-state index in [1.54, 1.807) is 0 Å². The maximum absolute atomic E-state index is 10.5. The molecule has 1 atom stereocenters. The summed E-state index contributed by atoms with van der Waals surface area (Å²) in [4.78, 5) is 23.7. The van der Waals surface area contributed by atoms with Crippen LogP contribution in [-0.4, -0.2) is 46.2 Å². The molecule has 170 valence electrons. The van der Waals surface area contributed by atoms with E-state index in [2.05, 4.69) is 4.90 Å². The fraction of sp³-hybridized carbons (Fsp3) is 0.917. The van der Waals surface area contributed by atoms with Crippen LogP contribution in [0.15, 0.2) is 0 Å². The van der Waals surface area contributed by atoms with Gasteiger partial charge < -0.3 is 15.1 Å². The van der Waals surface area contributed by atoms with Crippen molar-refractivity contribution < 1.29 is 19.8 Å². The van der Waals surface area contributed by atoms with Crippen LogP contribution in [0.25, 0.3) is 0 Å². The number of hydrogen-bond donors (Lipinski definition) is 2. The average molecular weight is 412 g/mol. The van der Waals surface area contributed by atoms with Crippen LogP contribution < -0.4 is 0 Å². The van der Waals surface area contributed by atoms with Crippen molar-refractivity contribution in [2.45, 2.75) is 128 Å². The quantitative estimate of drug-likeness (QED) is 0.231. The molecule has 0 bridgehead atoms. The van der Waals surface area contributed by atoms with Crippen molar-refractivity contribution in [1.82, 2.24) is 4.90 Å². The third kappa shape index (κ3) is 15.4. The predicted molar refractivity (Wildman–Crippen MR) is 118 cm³/mol. The highest BCUT2D eigenvalue weighted by Crippen LogP contribution is 2.23. The molecule has 1 heterocycles. The van der Waals surface area contributed by atoms with Gasteiger partial charge in [0.1, 0.15) is 0 Å². The summed E-state index contributed by atoms with van der Waals surface area (Å²) >= 11 is 0. The van der Waals surface area contributed by atoms with E-state index in [4.69, 9.17) is 10.2 Å². The van der Waals surface area contributed by atoms with Gasteiger partial charge in [0, 0.05) is 18.9 Å². The normalized spacial score (nSPS) is 17.0. The lowest BCUT2D eigenvalue weighted by atomic mass is 10.0. The van der Waals surface area contributed by atoms with E-state index in [0.717, 1.165) is 31.7 Å². The average Bonchev–Trinajstić information content (AvgIpc) is 3.12. The molecule has 1 rings (SSSR count). The summed E-state index contributed by atoms with van der Waals surface area (Å²) in [7, 11) is 0. The summed E-state index contributed by atoms with van der Waals surface area (Å²) in [6.45, 7) is 2.54. The van der Waals surface area contributed by atoms with Gasteiger partial charge in [0.15, 0.2) is 0 Å². The number of aliphatic carboxylic acids is 2. The Morgan fingerprint density at radius 2 is 1.10 bits per heavy atom. The first-order valence-corrected chi connectivity index (χ1v) is 12.3. The zero-order valence-electron chi connectivity index (χ0n) is 18.6. The maximum Gasteiger partial charge on any atom is 0.303 e. The Labute approximate surface area is 178 Å². The number of rotatable bonds is 20. The lowest BCUT2D eigenvalue weighted by Gasteiger charge is -2.24. The Balaban J connectivity index is 1.90. The number of nitrogens with zero attached hydrogens (tertiary/aromatic N) is 1. The van der Waals surface area contributed by atoms with Crippen LogP contribution in [0.4, 0.5) is 0 Å². The molecular formula is C24H45NO4. The first-order valence-electron chi connectivity index (χ1n) is 12.3. The molecule has 0 aliphatic carbocycles. The first kappa shape index (κ1) is 25.9. The van der Waals surface area contributed by atoms with E-state index in [0.29, 0.717) is 12.8 Å². The largest absolute Gasteiger partial charge is 0.481 e. The third-order valence-electron chi connectivity index (χ3n) is 6.26. The monoisotopic (exact) mass is 411 g/mol. The van der Waals surface area contributed by atoms with Crippen molar-refractivity contribution in [3.8, 4) is 0 Å². The number of carbonyl (C=O) groups is 2. The van der Waals surface area contributed by atoms with Gasteiger partial charge in [-0.05, 0) is 51.6 Å². The molecule has 0 spiro atoms. The Morgan fingerprint density at radius 3 is 1.62 bits per heavy atom. The number of carboxylic acid groups (broad SMARTS) is 2. The van der Waals surface area contributed by atoms with Crippen molar-refractivity contribution in [1.29, 1.82) is 0 Å². The van der Waals surface area contributed by atoms with Crippen LogP contribution in [-0.2, 0) is 9.59 Å². The summed E-state index contributed by atoms with van der Waals surface area (Å²) in [6.07, 6.45) is 21.2. The summed E-state index contributed by atoms with van der Waals surface area (Å²) < 4.78 is 0. The molecule has 5 heteroatoms. The second-order valence-electron chi connectivity index (χ2n) is 8.86. The highest BCUT2D eigenvalue weighted by molar-refractivity contribution is 5.66. The lowest BCUT2D eigenvalue weighted by Crippen LogP contribution is -2.30. The van der Waals surface area contributed by atoms with E-state index < -0.39 is 11.9 Å². The predicted octanol–water partition coefficient (Wildman–Crippen LogP) is 6.25. The van der Waals surface area contributed by atoms with E-state index in [1.807, 2.05) is 0 Å². The van der Waals surface area contributed by atoms with Crippen LogP contribution in [0.3, 0.4) is 0 Å². The number of carboxylic acids is 2. The topological polar surface area (TPSA) is 77.8 Å². The van der Waals surface area contributed by atoms with Crippen molar-refractivity contribution >= 4 is 11.9 Å². The van der Waals surface area contributed by atoms with Crippen molar-refractivity contribution in [2.24, 2.45) is 0 Å². The SMILES string of the molecule is O=C(O)CCCCCCCCC[C@@H]1CCCN1CCCCCCCCCC(=O)O. The summed E-state index contributed by atoms with van der Waals surface area (Å²) in [5.74, 6) is -1.34. The molecule has 1 saturated heterocycles. The van der Waals surface area contributed by atoms with Gasteiger partial charge in [-0.15, -0.1) is 0 Å². The van der Waals surface area contributed by atoms with E-state index in [-0.39, 0.29) is 0 Å². The molecule has 1 aliphatic heterocycles. The Kier molecular flexibility index (Phi) is 15.9. The van der Waals surface area contributed by atoms with Crippen molar-refractivity contribution in [3.05, 3.63) is 0 Å². The molecular weight excluding hydrogens is 366 g/mol. The smallest absolute Gasteiger partial charge is 0.303 e. The maximum atomic E-state index is 10.5. The van der Waals surface area contributed by atoms with Gasteiger partial charge in [-0.2, -0.15) is 0 Å². The van der Waals surface area contributed by atoms with Gasteiger partial charge >= 0.3 is 11.9 Å². The highest BCUT2D eigenvalue weighted by atomic mass is 16.4. The molecule has 0 radical (unpaired) electrons. The molecule has 5 nitrogen and oxygen atoms in total. The highest BCUT2D eigenvalue weighted by Gasteiger charge is 2.22. The van der Waals surface area contributed by atoms with E-state index >= 15 is 0 Å². The van der Waals surface area contributed by atoms with E-state index in [9.17, 15) is 9.59 Å². The zero-order valence-corrected chi connectivity index (χ0v) is 18.6. The van der Waals surface area contributed by atoms with Crippen LogP contribution in [0.5, 0.6) is 0 Å². The minimum absolute atomic E-state index is 0.323. The zero-order chi connectivity index (χ0) is 21.2. The van der Waals surface area contributed by atoms with Gasteiger partial charge in [0.05, 0.1) is 0 Å². The molecule has 0 saturated carbocycles. The Bertz CT molecular complexity index is 389. The molecule has 0 aromatic rings. The van der Waals surface area contributed by atoms with Crippen LogP contribution >= 0.6 is 0 Å². The minimum atomic E-state index is -0.668. The van der Waals surface area contributed by atoms with Gasteiger partial charge in [0.25, 0.3) is 0 Å². The molecule has 0 aromatic heterocycles. The molecule has 1 aliphatic rings. The van der Waals surface area contributed by atoms with Crippen molar-refractivity contribution in [3.63, 3.8) is 0 Å². The number of unbranched alkanes of at least 4 members (excludes halogenated alkanes) is 12. The van der Waals surface area contributed by atoms with E-state index in [1.165, 1.54) is 96.6 Å². The summed E-state index contributed by atoms with van der Waals surface area (Å²) in [6, 6.07) is 0.807. The lowest BCUT2D eigenvalue weighted by molar-refractivity contribution is -0.138. The number of hydrogen-bond acceptors (Lipinski definition) is 3. The molecule has 0 unspecified atom stereocenters. The molecule has 0 aromatic carbocycles. The van der Waals surface area contributed by atoms with Gasteiger partial charge in [-0.1, -0.05) is 70.6 Å². The van der Waals surface area contributed by atoms with Crippen molar-refractivity contribution in [2.75, 3.05) is 13.1 Å². The van der Waals surface area contributed by atoms with Gasteiger partial charge in [-0.3, -0.25) is 9.59 Å². The van der Waals surface area contributed by atoms with Crippen LogP contribution in [0, 0.1) is 0 Å². The molecule has 2 N–H and O–H groups in total. The Hall–Kier alpha value is -1.10. The standard InChI is InChI=1S/C24H45NO4/c26-23(27)18-12-8-4-1-3-7-11-16-22-17-15-21-25(22)20-14-10-6-2-5-9-13-19-24(28)29/h22H,1-21H2,(H,26,27)(H,28,29)/t22-/m1/s1. The number of likely N-dealkylation sites (tertiary alicyclic amines) is 1. The fourth-order valence-corrected chi connectivity index (χ4v) is 4.53. The first-order chi connectivity index (χ1) is 14.1. The second kappa shape index (κ2) is 17.7. The third-order valence-corrected chi connectivity index (χ3v) is 6.26. The molecule has 29 heavy (non-hydrogen) atoms. The van der Waals surface area contributed by atoms with Gasteiger partial charge in [0.2, 0.25) is 0 Å². The Morgan fingerprint density at radius 1 is 0.655 bits per heavy atom. The van der Waals surface area contributed by atoms with Crippen LogP contribution in [0.1, 0.15) is 122 Å². The second-order valence-corrected chi connectivity index (χ2v) is 8.86. The van der Waals surface area contributed by atoms with Gasteiger partial charge in [-0.25, -0.2) is 0 Å². The minimum Gasteiger partial charge on any atom is -0.481 e. The fourth-order valence-electron chi connectivity index (χ4n) is 4.53.